The third-order valence-electron chi connectivity index (χ3n) is 3.78. The first-order chi connectivity index (χ1) is 11.6. The van der Waals surface area contributed by atoms with Gasteiger partial charge in [0.15, 0.2) is 0 Å². The van der Waals surface area contributed by atoms with Crippen LogP contribution >= 0.6 is 0 Å². The molecule has 3 aromatic rings. The van der Waals surface area contributed by atoms with Crippen molar-refractivity contribution in [2.24, 2.45) is 0 Å². The zero-order valence-corrected chi connectivity index (χ0v) is 13.9. The van der Waals surface area contributed by atoms with Gasteiger partial charge >= 0.3 is 0 Å². The lowest BCUT2D eigenvalue weighted by Crippen LogP contribution is -2.18. The van der Waals surface area contributed by atoms with Crippen molar-refractivity contribution in [1.29, 1.82) is 0 Å². The number of aldehydes is 1. The Bertz CT molecular complexity index is 947. The van der Waals surface area contributed by atoms with Gasteiger partial charge in [0, 0.05) is 12.8 Å². The molecule has 0 unspecified atom stereocenters. The number of aryl methyl sites for hydroxylation is 1. The van der Waals surface area contributed by atoms with Crippen molar-refractivity contribution in [2.75, 3.05) is 0 Å². The molecule has 0 aliphatic carbocycles. The number of unbranched alkanes of at least 4 members (excludes halogenated alkanes) is 1. The molecule has 0 saturated heterocycles. The number of fused-ring (bicyclic) bond motifs is 1. The summed E-state index contributed by atoms with van der Waals surface area (Å²) in [6.45, 7) is 0. The molecule has 0 N–H and O–H groups in total. The number of hydrogen-bond acceptors (Lipinski definition) is 4. The largest absolute Gasteiger partial charge is 0.303 e. The van der Waals surface area contributed by atoms with Crippen LogP contribution in [0.15, 0.2) is 54.6 Å². The van der Waals surface area contributed by atoms with Crippen LogP contribution in [0.1, 0.15) is 24.2 Å². The van der Waals surface area contributed by atoms with Crippen LogP contribution in [0.4, 0.5) is 0 Å². The number of aromatic nitrogens is 2. The van der Waals surface area contributed by atoms with E-state index in [0.29, 0.717) is 36.1 Å². The molecule has 1 aromatic heterocycles. The second-order valence-electron chi connectivity index (χ2n) is 5.58. The van der Waals surface area contributed by atoms with Gasteiger partial charge in [-0.1, -0.05) is 42.5 Å². The number of nitrogens with zero attached hydrogens (tertiary/aromatic N) is 2. The molecule has 6 heteroatoms. The van der Waals surface area contributed by atoms with E-state index in [0.717, 1.165) is 11.8 Å². The summed E-state index contributed by atoms with van der Waals surface area (Å²) in [6.07, 6.45) is 2.25. The van der Waals surface area contributed by atoms with Gasteiger partial charge in [-0.2, -0.15) is 0 Å². The first-order valence-electron chi connectivity index (χ1n) is 7.79. The Morgan fingerprint density at radius 3 is 2.46 bits per heavy atom. The molecule has 0 saturated carbocycles. The van der Waals surface area contributed by atoms with E-state index in [1.165, 1.54) is 3.97 Å². The van der Waals surface area contributed by atoms with Crippen LogP contribution in [0.3, 0.4) is 0 Å². The van der Waals surface area contributed by atoms with Gasteiger partial charge in [0.05, 0.1) is 16.8 Å². The van der Waals surface area contributed by atoms with E-state index in [-0.39, 0.29) is 5.75 Å². The van der Waals surface area contributed by atoms with E-state index in [1.54, 1.807) is 30.3 Å². The van der Waals surface area contributed by atoms with Crippen LogP contribution in [0, 0.1) is 0 Å². The molecule has 0 bridgehead atoms. The van der Waals surface area contributed by atoms with E-state index in [4.69, 9.17) is 0 Å². The van der Waals surface area contributed by atoms with Gasteiger partial charge in [0.1, 0.15) is 12.1 Å². The smallest absolute Gasteiger partial charge is 0.244 e. The third kappa shape index (κ3) is 3.38. The fourth-order valence-electron chi connectivity index (χ4n) is 2.71. The van der Waals surface area contributed by atoms with E-state index in [9.17, 15) is 13.2 Å². The van der Waals surface area contributed by atoms with Crippen LogP contribution in [-0.2, 0) is 27.0 Å². The molecule has 24 heavy (non-hydrogen) atoms. The fraction of sp³-hybridized carbons (Fsp3) is 0.222. The van der Waals surface area contributed by atoms with Gasteiger partial charge in [0.2, 0.25) is 10.0 Å². The number of benzene rings is 2. The number of carbonyl (C=O) groups is 1. The lowest BCUT2D eigenvalue weighted by molar-refractivity contribution is -0.107. The van der Waals surface area contributed by atoms with Gasteiger partial charge in [0.25, 0.3) is 0 Å². The first kappa shape index (κ1) is 16.4. The number of rotatable bonds is 7. The van der Waals surface area contributed by atoms with Crippen molar-refractivity contribution < 1.29 is 13.2 Å². The highest BCUT2D eigenvalue weighted by atomic mass is 32.2. The zero-order valence-electron chi connectivity index (χ0n) is 13.1. The second-order valence-corrected chi connectivity index (χ2v) is 7.40. The molecule has 124 valence electrons. The molecule has 5 nitrogen and oxygen atoms in total. The van der Waals surface area contributed by atoms with Gasteiger partial charge in [-0.15, -0.1) is 0 Å². The number of carbonyl (C=O) groups excluding carboxylic acids is 1. The van der Waals surface area contributed by atoms with E-state index in [2.05, 4.69) is 4.98 Å². The maximum Gasteiger partial charge on any atom is 0.244 e. The molecule has 0 amide bonds. The Morgan fingerprint density at radius 2 is 1.71 bits per heavy atom. The lowest BCUT2D eigenvalue weighted by atomic mass is 10.2. The zero-order chi connectivity index (χ0) is 17.0. The molecule has 0 atom stereocenters. The lowest BCUT2D eigenvalue weighted by Gasteiger charge is -2.10. The SMILES string of the molecule is O=CCCCc1nc2ccccc2n1S(=O)(=O)Cc1ccccc1. The Morgan fingerprint density at radius 1 is 1.00 bits per heavy atom. The van der Waals surface area contributed by atoms with Crippen molar-refractivity contribution in [3.8, 4) is 0 Å². The van der Waals surface area contributed by atoms with Crippen molar-refractivity contribution in [2.45, 2.75) is 25.0 Å². The molecule has 0 spiro atoms. The quantitative estimate of drug-likeness (QED) is 0.489. The molecule has 2 aromatic carbocycles. The molecule has 0 radical (unpaired) electrons. The number of hydrogen-bond donors (Lipinski definition) is 0. The molecule has 3 rings (SSSR count). The standard InChI is InChI=1S/C18H18N2O3S/c21-13-7-6-12-18-19-16-10-4-5-11-17(16)20(18)24(22,23)14-15-8-2-1-3-9-15/h1-5,8-11,13H,6-7,12,14H2. The second kappa shape index (κ2) is 6.97. The van der Waals surface area contributed by atoms with E-state index in [1.807, 2.05) is 24.3 Å². The summed E-state index contributed by atoms with van der Waals surface area (Å²) in [4.78, 5) is 15.0. The van der Waals surface area contributed by atoms with Gasteiger partial charge in [-0.25, -0.2) is 17.4 Å². The predicted octanol–water partition coefficient (Wildman–Crippen LogP) is 2.94. The van der Waals surface area contributed by atoms with Gasteiger partial charge in [-0.05, 0) is 24.1 Å². The maximum absolute atomic E-state index is 13.0. The van der Waals surface area contributed by atoms with Crippen LogP contribution < -0.4 is 0 Å². The Hall–Kier alpha value is -2.47. The van der Waals surface area contributed by atoms with Crippen molar-refractivity contribution in [3.63, 3.8) is 0 Å². The minimum atomic E-state index is -3.60. The van der Waals surface area contributed by atoms with Crippen LogP contribution in [-0.4, -0.2) is 23.7 Å². The van der Waals surface area contributed by atoms with Crippen LogP contribution in [0.2, 0.25) is 0 Å². The van der Waals surface area contributed by atoms with Gasteiger partial charge in [-0.3, -0.25) is 0 Å². The molecule has 0 aliphatic heterocycles. The highest BCUT2D eigenvalue weighted by Gasteiger charge is 2.22. The summed E-state index contributed by atoms with van der Waals surface area (Å²) in [5.41, 5.74) is 1.96. The Kier molecular flexibility index (Phi) is 4.76. The van der Waals surface area contributed by atoms with Crippen molar-refractivity contribution in [1.82, 2.24) is 8.96 Å². The number of imidazole rings is 1. The molecule has 0 fully saturated rings. The monoisotopic (exact) mass is 342 g/mol. The number of para-hydroxylation sites is 2. The highest BCUT2D eigenvalue weighted by Crippen LogP contribution is 2.22. The summed E-state index contributed by atoms with van der Waals surface area (Å²) >= 11 is 0. The van der Waals surface area contributed by atoms with Crippen molar-refractivity contribution in [3.05, 3.63) is 66.0 Å². The minimum absolute atomic E-state index is 0.0884. The topological polar surface area (TPSA) is 69.0 Å². The normalized spacial score (nSPS) is 11.7. The fourth-order valence-corrected chi connectivity index (χ4v) is 4.36. The first-order valence-corrected chi connectivity index (χ1v) is 9.40. The van der Waals surface area contributed by atoms with E-state index < -0.39 is 10.0 Å². The molecular formula is C18H18N2O3S. The van der Waals surface area contributed by atoms with Crippen LogP contribution in [0.25, 0.3) is 11.0 Å². The average Bonchev–Trinajstić information content (AvgIpc) is 2.95. The molecule has 0 aliphatic rings. The van der Waals surface area contributed by atoms with Gasteiger partial charge < -0.3 is 4.79 Å². The summed E-state index contributed by atoms with van der Waals surface area (Å²) in [5.74, 6) is 0.392. The van der Waals surface area contributed by atoms with E-state index >= 15 is 0 Å². The summed E-state index contributed by atoms with van der Waals surface area (Å²) < 4.78 is 27.3. The Balaban J connectivity index is 2.05. The summed E-state index contributed by atoms with van der Waals surface area (Å²) in [6, 6.07) is 16.3. The molecule has 1 heterocycles. The minimum Gasteiger partial charge on any atom is -0.303 e. The average molecular weight is 342 g/mol. The highest BCUT2D eigenvalue weighted by molar-refractivity contribution is 7.89. The summed E-state index contributed by atoms with van der Waals surface area (Å²) in [7, 11) is -3.60. The predicted molar refractivity (Wildman–Crippen MR) is 93.2 cm³/mol. The van der Waals surface area contributed by atoms with Crippen molar-refractivity contribution >= 4 is 27.3 Å². The third-order valence-corrected chi connectivity index (χ3v) is 5.44. The Labute approximate surface area is 141 Å². The maximum atomic E-state index is 13.0. The summed E-state index contributed by atoms with van der Waals surface area (Å²) in [5, 5.41) is 0. The molecular weight excluding hydrogens is 324 g/mol. The van der Waals surface area contributed by atoms with Crippen LogP contribution in [0.5, 0.6) is 0 Å².